The highest BCUT2D eigenvalue weighted by Crippen LogP contribution is 2.44. The van der Waals surface area contributed by atoms with Gasteiger partial charge in [-0.05, 0) is 55.4 Å². The smallest absolute Gasteiger partial charge is 0.307 e. The van der Waals surface area contributed by atoms with Crippen LogP contribution >= 0.6 is 11.3 Å². The van der Waals surface area contributed by atoms with Gasteiger partial charge in [-0.15, -0.1) is 11.3 Å². The van der Waals surface area contributed by atoms with E-state index in [0.717, 1.165) is 97.6 Å². The average Bonchev–Trinajstić information content (AvgIpc) is 3.56. The molecule has 2 atom stereocenters. The van der Waals surface area contributed by atoms with Crippen LogP contribution in [0.2, 0.25) is 0 Å². The van der Waals surface area contributed by atoms with Crippen molar-refractivity contribution in [2.75, 3.05) is 44.3 Å². The second-order valence-electron chi connectivity index (χ2n) is 11.2. The van der Waals surface area contributed by atoms with E-state index < -0.39 is 5.97 Å². The molecule has 1 N–H and O–H groups in total. The summed E-state index contributed by atoms with van der Waals surface area (Å²) >= 11 is 1.60. The van der Waals surface area contributed by atoms with Gasteiger partial charge in [0.05, 0.1) is 36.5 Å². The fourth-order valence-corrected chi connectivity index (χ4v) is 7.26. The van der Waals surface area contributed by atoms with E-state index in [1.807, 2.05) is 24.3 Å². The molecule has 40 heavy (non-hydrogen) atoms. The number of hydrogen-bond donors (Lipinski definition) is 1. The van der Waals surface area contributed by atoms with Crippen molar-refractivity contribution in [3.63, 3.8) is 0 Å². The van der Waals surface area contributed by atoms with E-state index in [9.17, 15) is 15.2 Å². The third-order valence-electron chi connectivity index (χ3n) is 8.48. The van der Waals surface area contributed by atoms with Crippen molar-refractivity contribution in [1.29, 1.82) is 5.26 Å². The second kappa shape index (κ2) is 11.6. The van der Waals surface area contributed by atoms with Crippen LogP contribution < -0.4 is 9.64 Å². The summed E-state index contributed by atoms with van der Waals surface area (Å²) < 4.78 is 11.8. The van der Waals surface area contributed by atoms with E-state index in [0.29, 0.717) is 12.2 Å². The molecule has 3 fully saturated rings. The van der Waals surface area contributed by atoms with Gasteiger partial charge in [-0.2, -0.15) is 5.26 Å². The molecule has 3 aromatic rings. The minimum absolute atomic E-state index is 0.191. The van der Waals surface area contributed by atoms with Gasteiger partial charge in [0, 0.05) is 49.2 Å². The molecule has 0 spiro atoms. The first-order valence-corrected chi connectivity index (χ1v) is 14.9. The number of aromatic nitrogens is 1. The first-order valence-electron chi connectivity index (χ1n) is 14.0. The Balaban J connectivity index is 1.17. The fraction of sp³-hybridized carbons (Fsp3) is 0.452. The lowest BCUT2D eigenvalue weighted by Gasteiger charge is -2.35. The summed E-state index contributed by atoms with van der Waals surface area (Å²) in [6.07, 6.45) is 1.95. The maximum absolute atomic E-state index is 11.7. The number of benzene rings is 2. The number of fused-ring (bicyclic) bond motifs is 2. The summed E-state index contributed by atoms with van der Waals surface area (Å²) in [6.45, 7) is 7.96. The highest BCUT2D eigenvalue weighted by atomic mass is 32.1. The Hall–Kier alpha value is -3.45. The number of morpholine rings is 1. The molecular formula is C31H34N4O4S. The molecule has 9 heteroatoms. The van der Waals surface area contributed by atoms with E-state index in [2.05, 4.69) is 40.3 Å². The lowest BCUT2D eigenvalue weighted by molar-refractivity contribution is -0.144. The number of carboxylic acids is 1. The van der Waals surface area contributed by atoms with Crippen molar-refractivity contribution in [2.45, 2.75) is 32.9 Å². The molecule has 2 aliphatic heterocycles. The van der Waals surface area contributed by atoms with Crippen molar-refractivity contribution in [2.24, 2.45) is 17.8 Å². The highest BCUT2D eigenvalue weighted by molar-refractivity contribution is 7.14. The van der Waals surface area contributed by atoms with Gasteiger partial charge in [-0.25, -0.2) is 4.98 Å². The Labute approximate surface area is 238 Å². The molecule has 1 aliphatic carbocycles. The molecule has 2 aromatic carbocycles. The zero-order chi connectivity index (χ0) is 27.6. The van der Waals surface area contributed by atoms with Crippen LogP contribution in [0.15, 0.2) is 41.8 Å². The second-order valence-corrected chi connectivity index (χ2v) is 12.0. The molecule has 2 bridgehead atoms. The number of rotatable bonds is 8. The third-order valence-corrected chi connectivity index (χ3v) is 9.38. The molecule has 3 heterocycles. The van der Waals surface area contributed by atoms with Crippen LogP contribution in [0.5, 0.6) is 5.75 Å². The number of anilines is 1. The van der Waals surface area contributed by atoms with Crippen molar-refractivity contribution < 1.29 is 19.4 Å². The quantitative estimate of drug-likeness (QED) is 0.415. The molecule has 8 nitrogen and oxygen atoms in total. The van der Waals surface area contributed by atoms with Crippen LogP contribution in [-0.2, 0) is 22.7 Å². The minimum atomic E-state index is -0.653. The van der Waals surface area contributed by atoms with E-state index in [4.69, 9.17) is 14.5 Å². The first kappa shape index (κ1) is 26.8. The third kappa shape index (κ3) is 5.57. The fourth-order valence-electron chi connectivity index (χ4n) is 6.41. The number of nitriles is 1. The molecule has 0 radical (unpaired) electrons. The zero-order valence-electron chi connectivity index (χ0n) is 22.7. The molecule has 1 saturated carbocycles. The van der Waals surface area contributed by atoms with Gasteiger partial charge in [0.2, 0.25) is 0 Å². The Bertz CT molecular complexity index is 1410. The average molecular weight is 559 g/mol. The largest absolute Gasteiger partial charge is 0.488 e. The van der Waals surface area contributed by atoms with Gasteiger partial charge in [0.25, 0.3) is 0 Å². The van der Waals surface area contributed by atoms with Crippen molar-refractivity contribution in [3.8, 4) is 23.1 Å². The molecule has 6 rings (SSSR count). The van der Waals surface area contributed by atoms with E-state index in [1.165, 1.54) is 0 Å². The monoisotopic (exact) mass is 558 g/mol. The number of hydrogen-bond acceptors (Lipinski definition) is 8. The summed E-state index contributed by atoms with van der Waals surface area (Å²) in [7, 11) is 0. The predicted octanol–water partition coefficient (Wildman–Crippen LogP) is 4.95. The van der Waals surface area contributed by atoms with Crippen molar-refractivity contribution in [1.82, 2.24) is 9.88 Å². The van der Waals surface area contributed by atoms with E-state index in [-0.39, 0.29) is 17.8 Å². The van der Waals surface area contributed by atoms with Crippen LogP contribution in [0.4, 0.5) is 5.13 Å². The Morgan fingerprint density at radius 2 is 1.95 bits per heavy atom. The number of thiazole rings is 1. The Morgan fingerprint density at radius 3 is 2.67 bits per heavy atom. The maximum Gasteiger partial charge on any atom is 0.307 e. The number of piperidine rings is 1. The summed E-state index contributed by atoms with van der Waals surface area (Å²) in [5.41, 5.74) is 5.50. The van der Waals surface area contributed by atoms with Crippen molar-refractivity contribution in [3.05, 3.63) is 64.0 Å². The standard InChI is InChI=1S/C31H34N4O4S/c1-20-2-7-28(39-18-24-4-3-21(13-25(24)14-32)15-34-8-10-38-11-9-34)26(12-20)27-19-40-31(33-27)35-16-22-5-6-23(17-35)29(22)30(36)37/h2-4,7,12-13,19,22-23,29H,5-6,8-11,15-18H2,1H3,(H,36,37)/t22-,23-/m1/s1. The first-order chi connectivity index (χ1) is 19.5. The van der Waals surface area contributed by atoms with Crippen LogP contribution in [0.3, 0.4) is 0 Å². The number of ether oxygens (including phenoxy) is 2. The molecule has 208 valence electrons. The number of aliphatic carboxylic acids is 1. The van der Waals surface area contributed by atoms with Crippen molar-refractivity contribution >= 4 is 22.4 Å². The molecule has 2 saturated heterocycles. The number of carboxylic acid groups (broad SMARTS) is 1. The van der Waals surface area contributed by atoms with E-state index >= 15 is 0 Å². The van der Waals surface area contributed by atoms with Gasteiger partial charge >= 0.3 is 5.97 Å². The maximum atomic E-state index is 11.7. The van der Waals surface area contributed by atoms with Crippen LogP contribution in [0.25, 0.3) is 11.3 Å². The zero-order valence-corrected chi connectivity index (χ0v) is 23.5. The molecule has 0 amide bonds. The van der Waals surface area contributed by atoms with Gasteiger partial charge < -0.3 is 19.5 Å². The van der Waals surface area contributed by atoms with Gasteiger partial charge in [0.15, 0.2) is 5.13 Å². The molecule has 3 aliphatic rings. The number of carbonyl (C=O) groups is 1. The lowest BCUT2D eigenvalue weighted by atomic mass is 9.85. The van der Waals surface area contributed by atoms with Gasteiger partial charge in [-0.3, -0.25) is 9.69 Å². The van der Waals surface area contributed by atoms with Gasteiger partial charge in [-0.1, -0.05) is 23.8 Å². The van der Waals surface area contributed by atoms with Crippen LogP contribution in [-0.4, -0.2) is 60.4 Å². The van der Waals surface area contributed by atoms with Crippen LogP contribution in [0.1, 0.15) is 35.1 Å². The summed E-state index contributed by atoms with van der Waals surface area (Å²) in [5.74, 6) is 0.236. The molecule has 1 aromatic heterocycles. The Morgan fingerprint density at radius 1 is 1.18 bits per heavy atom. The number of aryl methyl sites for hydroxylation is 1. The lowest BCUT2D eigenvalue weighted by Crippen LogP contribution is -2.44. The van der Waals surface area contributed by atoms with Gasteiger partial charge in [0.1, 0.15) is 12.4 Å². The summed E-state index contributed by atoms with van der Waals surface area (Å²) in [6, 6.07) is 14.5. The normalized spacial score (nSPS) is 22.7. The van der Waals surface area contributed by atoms with E-state index in [1.54, 1.807) is 11.3 Å². The summed E-state index contributed by atoms with van der Waals surface area (Å²) in [5, 5.41) is 22.5. The number of nitrogens with zero attached hydrogens (tertiary/aromatic N) is 4. The Kier molecular flexibility index (Phi) is 7.74. The molecular weight excluding hydrogens is 524 g/mol. The highest BCUT2D eigenvalue weighted by Gasteiger charge is 2.46. The topological polar surface area (TPSA) is 98.9 Å². The summed E-state index contributed by atoms with van der Waals surface area (Å²) in [4.78, 5) is 21.3. The predicted molar refractivity (Wildman–Crippen MR) is 153 cm³/mol. The minimum Gasteiger partial charge on any atom is -0.488 e. The SMILES string of the molecule is Cc1ccc(OCc2ccc(CN3CCOCC3)cc2C#N)c(-c2csc(N3C[C@H]4CC[C@H](C3)C4C(=O)O)n2)c1. The van der Waals surface area contributed by atoms with Crippen LogP contribution in [0, 0.1) is 36.0 Å². The molecule has 0 unspecified atom stereocenters.